The van der Waals surface area contributed by atoms with Gasteiger partial charge in [0, 0.05) is 46.0 Å². The summed E-state index contributed by atoms with van der Waals surface area (Å²) in [4.78, 5) is 50.7. The van der Waals surface area contributed by atoms with Crippen molar-refractivity contribution in [3.8, 4) is 0 Å². The Hall–Kier alpha value is -4.68. The van der Waals surface area contributed by atoms with Crippen molar-refractivity contribution in [2.45, 2.75) is 42.0 Å². The van der Waals surface area contributed by atoms with Crippen molar-refractivity contribution in [2.75, 3.05) is 24.7 Å². The first-order valence-corrected chi connectivity index (χ1v) is 16.6. The van der Waals surface area contributed by atoms with Gasteiger partial charge in [-0.15, -0.1) is 23.5 Å². The molecule has 2 N–H and O–H groups in total. The second kappa shape index (κ2) is 20.4. The molecule has 0 bridgehead atoms. The van der Waals surface area contributed by atoms with Crippen LogP contribution in [0, 0.1) is 0 Å². The molecule has 2 atom stereocenters. The number of hydrogen-bond acceptors (Lipinski definition) is 10. The summed E-state index contributed by atoms with van der Waals surface area (Å²) in [5.41, 5.74) is 1.79. The van der Waals surface area contributed by atoms with E-state index in [9.17, 15) is 19.2 Å². The molecule has 0 radical (unpaired) electrons. The van der Waals surface area contributed by atoms with Gasteiger partial charge in [-0.1, -0.05) is 73.8 Å². The average Bonchev–Trinajstić information content (AvgIpc) is 3.09. The number of carbonyl (C=O) groups excluding carboxylic acids is 4. The van der Waals surface area contributed by atoms with Crippen molar-refractivity contribution in [3.05, 3.63) is 121 Å². The highest BCUT2D eigenvalue weighted by molar-refractivity contribution is 7.99. The van der Waals surface area contributed by atoms with Crippen LogP contribution in [-0.2, 0) is 41.6 Å². The van der Waals surface area contributed by atoms with Crippen LogP contribution in [0.1, 0.15) is 18.1 Å². The molecule has 2 amide bonds. The molecule has 3 aromatic rings. The van der Waals surface area contributed by atoms with E-state index in [1.165, 1.54) is 23.5 Å². The Morgan fingerprint density at radius 2 is 1.19 bits per heavy atom. The zero-order valence-corrected chi connectivity index (χ0v) is 27.7. The lowest BCUT2D eigenvalue weighted by molar-refractivity contribution is -0.141. The standard InChI is InChI=1S/C35H38N2O8S2/c1-4-32(38)42-21-28(23-46-30-14-7-5-8-15-30)44-34(40)36-19-26-12-11-13-27(18-26)20-37-35(41)45-29(22-43-33(39)25(2)3)24-47-31-16-9-6-10-17-31/h4-18,28-29H,1-2,19-24H2,3H3,(H,36,40)(H,37,41). The van der Waals surface area contributed by atoms with Gasteiger partial charge in [0.25, 0.3) is 0 Å². The maximum atomic E-state index is 12.7. The average molecular weight is 679 g/mol. The third-order valence-corrected chi connectivity index (χ3v) is 8.39. The first-order chi connectivity index (χ1) is 22.7. The molecule has 0 aliphatic carbocycles. The second-order valence-electron chi connectivity index (χ2n) is 10.0. The maximum absolute atomic E-state index is 12.7. The van der Waals surface area contributed by atoms with Crippen molar-refractivity contribution in [2.24, 2.45) is 0 Å². The monoisotopic (exact) mass is 678 g/mol. The Balaban J connectivity index is 1.49. The highest BCUT2D eigenvalue weighted by Crippen LogP contribution is 2.20. The zero-order chi connectivity index (χ0) is 33.9. The minimum atomic E-state index is -0.694. The van der Waals surface area contributed by atoms with E-state index >= 15 is 0 Å². The van der Waals surface area contributed by atoms with Crippen LogP contribution in [0.25, 0.3) is 0 Å². The number of hydrogen-bond donors (Lipinski definition) is 2. The van der Waals surface area contributed by atoms with Gasteiger partial charge < -0.3 is 29.6 Å². The molecule has 0 aliphatic heterocycles. The molecule has 47 heavy (non-hydrogen) atoms. The fraction of sp³-hybridized carbons (Fsp3) is 0.257. The van der Waals surface area contributed by atoms with Gasteiger partial charge in [0.15, 0.2) is 0 Å². The summed E-state index contributed by atoms with van der Waals surface area (Å²) in [6.07, 6.45) is -1.67. The normalized spacial score (nSPS) is 11.7. The largest absolute Gasteiger partial charge is 0.459 e. The Morgan fingerprint density at radius 3 is 1.64 bits per heavy atom. The van der Waals surface area contributed by atoms with E-state index in [0.29, 0.717) is 11.5 Å². The fourth-order valence-corrected chi connectivity index (χ4v) is 5.54. The predicted molar refractivity (Wildman–Crippen MR) is 182 cm³/mol. The van der Waals surface area contributed by atoms with Crippen LogP contribution in [0.2, 0.25) is 0 Å². The molecular formula is C35H38N2O8S2. The van der Waals surface area contributed by atoms with Crippen LogP contribution in [0.15, 0.2) is 120 Å². The Morgan fingerprint density at radius 1 is 0.723 bits per heavy atom. The highest BCUT2D eigenvalue weighted by atomic mass is 32.2. The van der Waals surface area contributed by atoms with E-state index in [0.717, 1.165) is 27.0 Å². The van der Waals surface area contributed by atoms with E-state index in [1.54, 1.807) is 13.0 Å². The number of carbonyl (C=O) groups is 4. The van der Waals surface area contributed by atoms with Crippen molar-refractivity contribution in [3.63, 3.8) is 0 Å². The lowest BCUT2D eigenvalue weighted by atomic mass is 10.1. The van der Waals surface area contributed by atoms with Crippen LogP contribution in [-0.4, -0.2) is 61.1 Å². The van der Waals surface area contributed by atoms with Crippen molar-refractivity contribution >= 4 is 47.6 Å². The Kier molecular flexibility index (Phi) is 16.0. The van der Waals surface area contributed by atoms with Crippen LogP contribution in [0.5, 0.6) is 0 Å². The molecule has 0 spiro atoms. The highest BCUT2D eigenvalue weighted by Gasteiger charge is 2.19. The summed E-state index contributed by atoms with van der Waals surface area (Å²) in [6.45, 7) is 8.60. The lowest BCUT2D eigenvalue weighted by Gasteiger charge is -2.18. The zero-order valence-electron chi connectivity index (χ0n) is 26.1. The number of benzene rings is 3. The molecule has 0 fully saturated rings. The van der Waals surface area contributed by atoms with Gasteiger partial charge in [-0.2, -0.15) is 0 Å². The minimum Gasteiger partial charge on any atom is -0.459 e. The number of rotatable bonds is 18. The first-order valence-electron chi connectivity index (χ1n) is 14.7. The number of thioether (sulfide) groups is 2. The molecule has 0 aliphatic rings. The summed E-state index contributed by atoms with van der Waals surface area (Å²) in [5.74, 6) is -0.413. The van der Waals surface area contributed by atoms with E-state index < -0.39 is 36.3 Å². The number of alkyl carbamates (subject to hydrolysis) is 2. The van der Waals surface area contributed by atoms with Gasteiger partial charge in [0.2, 0.25) is 0 Å². The Bertz CT molecular complexity index is 1490. The smallest absolute Gasteiger partial charge is 0.407 e. The van der Waals surface area contributed by atoms with Gasteiger partial charge in [-0.25, -0.2) is 19.2 Å². The molecule has 3 aromatic carbocycles. The van der Waals surface area contributed by atoms with Crippen LogP contribution >= 0.6 is 23.5 Å². The van der Waals surface area contributed by atoms with Gasteiger partial charge >= 0.3 is 24.1 Å². The van der Waals surface area contributed by atoms with Crippen molar-refractivity contribution in [1.82, 2.24) is 10.6 Å². The van der Waals surface area contributed by atoms with Gasteiger partial charge in [0.1, 0.15) is 25.4 Å². The summed E-state index contributed by atoms with van der Waals surface area (Å²) in [6, 6.07) is 26.5. The summed E-state index contributed by atoms with van der Waals surface area (Å²) in [7, 11) is 0. The third kappa shape index (κ3) is 15.0. The van der Waals surface area contributed by atoms with E-state index in [4.69, 9.17) is 18.9 Å². The lowest BCUT2D eigenvalue weighted by Crippen LogP contribution is -2.33. The minimum absolute atomic E-state index is 0.112. The molecule has 0 saturated carbocycles. The quantitative estimate of drug-likeness (QED) is 0.0684. The third-order valence-electron chi connectivity index (χ3n) is 6.10. The fourth-order valence-electron chi connectivity index (χ4n) is 3.75. The van der Waals surface area contributed by atoms with Gasteiger partial charge in [-0.3, -0.25) is 0 Å². The van der Waals surface area contributed by atoms with Gasteiger partial charge in [-0.05, 0) is 42.3 Å². The number of esters is 2. The summed E-state index contributed by atoms with van der Waals surface area (Å²) < 4.78 is 21.5. The molecule has 10 nitrogen and oxygen atoms in total. The van der Waals surface area contributed by atoms with Crippen molar-refractivity contribution < 1.29 is 38.1 Å². The molecule has 12 heteroatoms. The van der Waals surface area contributed by atoms with Crippen LogP contribution in [0.4, 0.5) is 9.59 Å². The molecule has 248 valence electrons. The first kappa shape index (κ1) is 36.8. The molecule has 0 aromatic heterocycles. The van der Waals surface area contributed by atoms with E-state index in [-0.39, 0.29) is 31.9 Å². The van der Waals surface area contributed by atoms with E-state index in [2.05, 4.69) is 23.8 Å². The topological polar surface area (TPSA) is 129 Å². The molecule has 2 unspecified atom stereocenters. The molecule has 0 heterocycles. The SMILES string of the molecule is C=CC(=O)OCC(CSc1ccccc1)OC(=O)NCc1cccc(CNC(=O)OC(COC(=O)C(=C)C)CSc2ccccc2)c1. The molecule has 3 rings (SSSR count). The summed E-state index contributed by atoms with van der Waals surface area (Å²) in [5, 5.41) is 5.43. The predicted octanol–water partition coefficient (Wildman–Crippen LogP) is 6.31. The Labute approximate surface area is 283 Å². The summed E-state index contributed by atoms with van der Waals surface area (Å²) >= 11 is 2.94. The molecular weight excluding hydrogens is 641 g/mol. The van der Waals surface area contributed by atoms with E-state index in [1.807, 2.05) is 78.9 Å². The number of amides is 2. The molecule has 0 saturated heterocycles. The number of ether oxygens (including phenoxy) is 4. The number of nitrogens with one attached hydrogen (secondary N) is 2. The van der Waals surface area contributed by atoms with Crippen LogP contribution < -0.4 is 10.6 Å². The van der Waals surface area contributed by atoms with Gasteiger partial charge in [0.05, 0.1) is 0 Å². The maximum Gasteiger partial charge on any atom is 0.407 e. The van der Waals surface area contributed by atoms with Crippen LogP contribution in [0.3, 0.4) is 0 Å². The second-order valence-corrected chi connectivity index (χ2v) is 12.2. The van der Waals surface area contributed by atoms with Crippen molar-refractivity contribution in [1.29, 1.82) is 0 Å².